The molecule has 0 atom stereocenters. The van der Waals surface area contributed by atoms with Gasteiger partial charge < -0.3 is 4.74 Å². The third-order valence-electron chi connectivity index (χ3n) is 0.660. The summed E-state index contributed by atoms with van der Waals surface area (Å²) in [5, 5.41) is 0. The van der Waals surface area contributed by atoms with E-state index in [1.807, 2.05) is 13.8 Å². The number of rotatable bonds is 5. The number of ether oxygens (including phenoxy) is 1. The predicted molar refractivity (Wildman–Crippen MR) is 46.4 cm³/mol. The maximum absolute atomic E-state index is 9.60. The third-order valence-corrected chi connectivity index (χ3v) is 0.928. The molecule has 1 N–H and O–H groups in total. The summed E-state index contributed by atoms with van der Waals surface area (Å²) in [6.45, 7) is 7.25. The summed E-state index contributed by atoms with van der Waals surface area (Å²) in [6, 6.07) is 0. The Hall–Kier alpha value is -0.210. The van der Waals surface area contributed by atoms with E-state index in [2.05, 4.69) is 9.22 Å². The van der Waals surface area contributed by atoms with Gasteiger partial charge in [-0.2, -0.15) is 8.42 Å². The van der Waals surface area contributed by atoms with Crippen molar-refractivity contribution in [2.75, 3.05) is 19.8 Å². The van der Waals surface area contributed by atoms with Gasteiger partial charge in [-0.1, -0.05) is 4.33 Å². The van der Waals surface area contributed by atoms with Crippen LogP contribution in [0.1, 0.15) is 20.8 Å². The summed E-state index contributed by atoms with van der Waals surface area (Å²) >= 11 is 0. The molecule has 0 rings (SSSR count). The topological polar surface area (TPSA) is 82.1 Å². The first-order valence-corrected chi connectivity index (χ1v) is 5.20. The van der Waals surface area contributed by atoms with Gasteiger partial charge in [-0.25, -0.2) is 4.89 Å². The average Bonchev–Trinajstić information content (AvgIpc) is 2.02. The summed E-state index contributed by atoms with van der Waals surface area (Å²) in [5.41, 5.74) is 0. The minimum atomic E-state index is -4.41. The Balaban J connectivity index is 0. The highest BCUT2D eigenvalue weighted by atomic mass is 32.3. The van der Waals surface area contributed by atoms with E-state index in [1.165, 1.54) is 6.92 Å². The van der Waals surface area contributed by atoms with Gasteiger partial charge in [0, 0.05) is 13.2 Å². The van der Waals surface area contributed by atoms with Crippen LogP contribution in [0.4, 0.5) is 0 Å². The van der Waals surface area contributed by atoms with Gasteiger partial charge >= 0.3 is 10.4 Å². The SMILES string of the molecule is CCOCC.CCOOS(=O)(=O)O. The van der Waals surface area contributed by atoms with Gasteiger partial charge in [0.25, 0.3) is 0 Å². The van der Waals surface area contributed by atoms with Crippen molar-refractivity contribution in [3.63, 3.8) is 0 Å². The van der Waals surface area contributed by atoms with Gasteiger partial charge in [-0.05, 0) is 20.8 Å². The van der Waals surface area contributed by atoms with Gasteiger partial charge in [-0.3, -0.25) is 4.55 Å². The van der Waals surface area contributed by atoms with Crippen LogP contribution in [-0.4, -0.2) is 32.8 Å². The largest absolute Gasteiger partial charge is 0.424 e. The molecule has 0 aliphatic carbocycles. The van der Waals surface area contributed by atoms with E-state index in [4.69, 9.17) is 9.29 Å². The van der Waals surface area contributed by atoms with Crippen LogP contribution in [0.3, 0.4) is 0 Å². The lowest BCUT2D eigenvalue weighted by atomic mass is 10.8. The van der Waals surface area contributed by atoms with Gasteiger partial charge in [0.05, 0.1) is 6.61 Å². The Morgan fingerprint density at radius 1 is 1.08 bits per heavy atom. The molecule has 13 heavy (non-hydrogen) atoms. The van der Waals surface area contributed by atoms with E-state index in [9.17, 15) is 8.42 Å². The summed E-state index contributed by atoms with van der Waals surface area (Å²) < 4.78 is 35.2. The second-order valence-corrected chi connectivity index (χ2v) is 2.68. The highest BCUT2D eigenvalue weighted by Crippen LogP contribution is 1.85. The van der Waals surface area contributed by atoms with Crippen molar-refractivity contribution in [2.24, 2.45) is 0 Å². The zero-order valence-electron chi connectivity index (χ0n) is 8.02. The molecule has 0 aliphatic rings. The van der Waals surface area contributed by atoms with Gasteiger partial charge in [-0.15, -0.1) is 0 Å². The molecule has 0 aromatic heterocycles. The molecular formula is C6H16O6S. The van der Waals surface area contributed by atoms with Crippen molar-refractivity contribution in [2.45, 2.75) is 20.8 Å². The highest BCUT2D eigenvalue weighted by molar-refractivity contribution is 7.80. The van der Waals surface area contributed by atoms with E-state index in [0.717, 1.165) is 13.2 Å². The van der Waals surface area contributed by atoms with E-state index < -0.39 is 10.4 Å². The lowest BCUT2D eigenvalue weighted by Gasteiger charge is -1.92. The molecule has 0 fully saturated rings. The van der Waals surface area contributed by atoms with E-state index in [0.29, 0.717) is 0 Å². The predicted octanol–water partition coefficient (Wildman–Crippen LogP) is 0.800. The normalized spacial score (nSPS) is 10.5. The number of hydrogen-bond acceptors (Lipinski definition) is 5. The molecular weight excluding hydrogens is 200 g/mol. The van der Waals surface area contributed by atoms with Crippen LogP contribution in [0.15, 0.2) is 0 Å². The van der Waals surface area contributed by atoms with Crippen molar-refractivity contribution < 1.29 is 26.9 Å². The smallest absolute Gasteiger partial charge is 0.382 e. The standard InChI is InChI=1S/C4H10O.C2H6O5S/c1-3-5-4-2;1-2-6-7-8(3,4)5/h3-4H2,1-2H3;2H2,1H3,(H,3,4,5). The van der Waals surface area contributed by atoms with Crippen molar-refractivity contribution in [1.82, 2.24) is 0 Å². The van der Waals surface area contributed by atoms with Crippen molar-refractivity contribution >= 4 is 10.4 Å². The summed E-state index contributed by atoms with van der Waals surface area (Å²) in [4.78, 5) is 3.86. The lowest BCUT2D eigenvalue weighted by Crippen LogP contribution is -2.03. The molecule has 0 unspecified atom stereocenters. The average molecular weight is 216 g/mol. The molecule has 0 aromatic carbocycles. The summed E-state index contributed by atoms with van der Waals surface area (Å²) in [5.74, 6) is 0. The van der Waals surface area contributed by atoms with Gasteiger partial charge in [0.15, 0.2) is 0 Å². The minimum absolute atomic E-state index is 0.0692. The Morgan fingerprint density at radius 2 is 1.54 bits per heavy atom. The zero-order valence-corrected chi connectivity index (χ0v) is 8.83. The van der Waals surface area contributed by atoms with Crippen LogP contribution in [0.2, 0.25) is 0 Å². The zero-order chi connectivity index (χ0) is 10.7. The van der Waals surface area contributed by atoms with Gasteiger partial charge in [0.1, 0.15) is 0 Å². The molecule has 0 saturated carbocycles. The molecule has 0 heterocycles. The Kier molecular flexibility index (Phi) is 11.6. The molecule has 0 aromatic rings. The molecule has 82 valence electrons. The van der Waals surface area contributed by atoms with Crippen molar-refractivity contribution in [1.29, 1.82) is 0 Å². The summed E-state index contributed by atoms with van der Waals surface area (Å²) in [7, 11) is -4.41. The van der Waals surface area contributed by atoms with Crippen LogP contribution in [0, 0.1) is 0 Å². The molecule has 0 radical (unpaired) electrons. The Labute approximate surface area is 78.7 Å². The fourth-order valence-electron chi connectivity index (χ4n) is 0.313. The quantitative estimate of drug-likeness (QED) is 0.416. The molecule has 0 aliphatic heterocycles. The third kappa shape index (κ3) is 24.5. The number of hydrogen-bond donors (Lipinski definition) is 1. The second kappa shape index (κ2) is 9.87. The van der Waals surface area contributed by atoms with Crippen LogP contribution >= 0.6 is 0 Å². The van der Waals surface area contributed by atoms with Crippen LogP contribution in [0.25, 0.3) is 0 Å². The Morgan fingerprint density at radius 3 is 1.62 bits per heavy atom. The van der Waals surface area contributed by atoms with E-state index in [1.54, 1.807) is 0 Å². The van der Waals surface area contributed by atoms with E-state index >= 15 is 0 Å². The molecule has 7 heteroatoms. The van der Waals surface area contributed by atoms with Crippen LogP contribution < -0.4 is 0 Å². The molecule has 0 saturated heterocycles. The van der Waals surface area contributed by atoms with Crippen LogP contribution in [-0.2, 0) is 24.4 Å². The molecule has 0 spiro atoms. The van der Waals surface area contributed by atoms with Gasteiger partial charge in [0.2, 0.25) is 0 Å². The second-order valence-electron chi connectivity index (χ2n) is 1.68. The van der Waals surface area contributed by atoms with Crippen molar-refractivity contribution in [3.05, 3.63) is 0 Å². The maximum Gasteiger partial charge on any atom is 0.424 e. The fraction of sp³-hybridized carbons (Fsp3) is 1.00. The summed E-state index contributed by atoms with van der Waals surface area (Å²) in [6.07, 6.45) is 0. The fourth-order valence-corrected chi connectivity index (χ4v) is 0.531. The molecule has 0 bridgehead atoms. The highest BCUT2D eigenvalue weighted by Gasteiger charge is 2.02. The Bertz CT molecular complexity index is 174. The minimum Gasteiger partial charge on any atom is -0.382 e. The maximum atomic E-state index is 9.60. The van der Waals surface area contributed by atoms with Crippen LogP contribution in [0.5, 0.6) is 0 Å². The first-order valence-electron chi connectivity index (χ1n) is 3.84. The molecule has 0 amide bonds. The first-order chi connectivity index (χ1) is 5.97. The monoisotopic (exact) mass is 216 g/mol. The lowest BCUT2D eigenvalue weighted by molar-refractivity contribution is -0.203. The first kappa shape index (κ1) is 15.3. The van der Waals surface area contributed by atoms with Crippen molar-refractivity contribution in [3.8, 4) is 0 Å². The molecule has 6 nitrogen and oxygen atoms in total. The van der Waals surface area contributed by atoms with E-state index in [-0.39, 0.29) is 6.61 Å².